The summed E-state index contributed by atoms with van der Waals surface area (Å²) in [5.41, 5.74) is 2.74. The van der Waals surface area contributed by atoms with Gasteiger partial charge in [0.2, 0.25) is 0 Å². The molecule has 0 radical (unpaired) electrons. The zero-order valence-corrected chi connectivity index (χ0v) is 11.1. The minimum atomic E-state index is 1.18. The first-order valence-corrected chi connectivity index (χ1v) is 6.70. The highest BCUT2D eigenvalue weighted by Crippen LogP contribution is 2.05. The van der Waals surface area contributed by atoms with E-state index in [0.717, 1.165) is 0 Å². The summed E-state index contributed by atoms with van der Waals surface area (Å²) in [6, 6.07) is 4.46. The van der Waals surface area contributed by atoms with Gasteiger partial charge in [-0.1, -0.05) is 32.6 Å². The van der Waals surface area contributed by atoms with Crippen molar-refractivity contribution in [3.63, 3.8) is 0 Å². The molecule has 0 N–H and O–H groups in total. The van der Waals surface area contributed by atoms with Gasteiger partial charge >= 0.3 is 0 Å². The van der Waals surface area contributed by atoms with Gasteiger partial charge in [0.25, 0.3) is 0 Å². The average molecular weight is 220 g/mol. The molecule has 0 saturated heterocycles. The second kappa shape index (κ2) is 7.43. The Morgan fingerprint density at radius 3 is 2.38 bits per heavy atom. The van der Waals surface area contributed by atoms with Crippen molar-refractivity contribution in [2.45, 2.75) is 65.8 Å². The smallest absolute Gasteiger partial charge is 0.178 e. The zero-order chi connectivity index (χ0) is 11.8. The van der Waals surface area contributed by atoms with Gasteiger partial charge in [0.15, 0.2) is 11.9 Å². The second-order valence-corrected chi connectivity index (χ2v) is 4.81. The first-order chi connectivity index (χ1) is 7.74. The molecule has 0 fully saturated rings. The van der Waals surface area contributed by atoms with E-state index >= 15 is 0 Å². The lowest BCUT2D eigenvalue weighted by molar-refractivity contribution is -0.703. The monoisotopic (exact) mass is 220 g/mol. The van der Waals surface area contributed by atoms with Gasteiger partial charge in [-0.25, -0.2) is 4.57 Å². The highest BCUT2D eigenvalue weighted by Gasteiger charge is 2.04. The van der Waals surface area contributed by atoms with Crippen molar-refractivity contribution in [1.29, 1.82) is 0 Å². The molecule has 1 rings (SSSR count). The zero-order valence-electron chi connectivity index (χ0n) is 11.1. The maximum atomic E-state index is 2.37. The van der Waals surface area contributed by atoms with Gasteiger partial charge in [0.1, 0.15) is 6.54 Å². The van der Waals surface area contributed by atoms with E-state index < -0.39 is 0 Å². The molecule has 0 spiro atoms. The molecule has 1 heteroatoms. The molecule has 0 saturated carbocycles. The Balaban J connectivity index is 2.21. The van der Waals surface area contributed by atoms with Crippen LogP contribution in [-0.4, -0.2) is 0 Å². The highest BCUT2D eigenvalue weighted by molar-refractivity contribution is 5.08. The number of hydrogen-bond acceptors (Lipinski definition) is 0. The number of aromatic nitrogens is 1. The molecule has 1 nitrogen and oxygen atoms in total. The van der Waals surface area contributed by atoms with Crippen molar-refractivity contribution in [3.05, 3.63) is 29.6 Å². The fraction of sp³-hybridized carbons (Fsp3) is 0.667. The lowest BCUT2D eigenvalue weighted by Gasteiger charge is -2.02. The van der Waals surface area contributed by atoms with Gasteiger partial charge in [-0.2, -0.15) is 0 Å². The van der Waals surface area contributed by atoms with Crippen LogP contribution in [0.15, 0.2) is 18.3 Å². The van der Waals surface area contributed by atoms with E-state index in [0.29, 0.717) is 0 Å². The molecule has 16 heavy (non-hydrogen) atoms. The van der Waals surface area contributed by atoms with Gasteiger partial charge in [0.05, 0.1) is 0 Å². The molecule has 0 unspecified atom stereocenters. The van der Waals surface area contributed by atoms with Crippen LogP contribution in [0.5, 0.6) is 0 Å². The molecule has 0 aliphatic heterocycles. The number of unbranched alkanes of at least 4 members (excludes halogenated alkanes) is 5. The summed E-state index contributed by atoms with van der Waals surface area (Å²) in [7, 11) is 0. The fourth-order valence-corrected chi connectivity index (χ4v) is 2.10. The fourth-order valence-electron chi connectivity index (χ4n) is 2.10. The quantitative estimate of drug-likeness (QED) is 0.484. The molecular formula is C15H26N+. The Labute approximate surface area is 101 Å². The molecule has 1 aromatic rings. The molecule has 90 valence electrons. The van der Waals surface area contributed by atoms with Crippen LogP contribution in [0.4, 0.5) is 0 Å². The van der Waals surface area contributed by atoms with Crippen LogP contribution >= 0.6 is 0 Å². The number of hydrogen-bond donors (Lipinski definition) is 0. The highest BCUT2D eigenvalue weighted by atomic mass is 14.9. The van der Waals surface area contributed by atoms with Crippen molar-refractivity contribution in [2.24, 2.45) is 0 Å². The second-order valence-electron chi connectivity index (χ2n) is 4.81. The van der Waals surface area contributed by atoms with E-state index in [1.165, 1.54) is 56.3 Å². The summed E-state index contributed by atoms with van der Waals surface area (Å²) >= 11 is 0. The topological polar surface area (TPSA) is 3.88 Å². The van der Waals surface area contributed by atoms with Crippen LogP contribution in [0.2, 0.25) is 0 Å². The van der Waals surface area contributed by atoms with Crippen LogP contribution in [-0.2, 0) is 6.54 Å². The third-order valence-electron chi connectivity index (χ3n) is 3.16. The molecule has 0 aliphatic carbocycles. The van der Waals surface area contributed by atoms with Gasteiger partial charge in [-0.05, 0) is 18.9 Å². The van der Waals surface area contributed by atoms with E-state index in [-0.39, 0.29) is 0 Å². The molecule has 0 amide bonds. The first kappa shape index (κ1) is 13.2. The van der Waals surface area contributed by atoms with Crippen molar-refractivity contribution >= 4 is 0 Å². The van der Waals surface area contributed by atoms with E-state index in [2.05, 4.69) is 43.7 Å². The Hall–Kier alpha value is -0.850. The van der Waals surface area contributed by atoms with E-state index in [1.807, 2.05) is 0 Å². The van der Waals surface area contributed by atoms with Gasteiger partial charge in [0, 0.05) is 25.5 Å². The van der Waals surface area contributed by atoms with Crippen molar-refractivity contribution in [2.75, 3.05) is 0 Å². The predicted molar refractivity (Wildman–Crippen MR) is 69.5 cm³/mol. The minimum Gasteiger partial charge on any atom is -0.203 e. The van der Waals surface area contributed by atoms with Crippen LogP contribution in [0.25, 0.3) is 0 Å². The Bertz CT molecular complexity index is 304. The summed E-state index contributed by atoms with van der Waals surface area (Å²) in [6.45, 7) is 7.80. The average Bonchev–Trinajstić information content (AvgIpc) is 2.26. The van der Waals surface area contributed by atoms with Gasteiger partial charge in [-0.15, -0.1) is 0 Å². The number of rotatable bonds is 7. The minimum absolute atomic E-state index is 1.18. The first-order valence-electron chi connectivity index (χ1n) is 6.70. The molecule has 0 aromatic carbocycles. The van der Waals surface area contributed by atoms with Crippen molar-refractivity contribution < 1.29 is 4.57 Å². The molecule has 0 aliphatic rings. The maximum Gasteiger partial charge on any atom is 0.178 e. The van der Waals surface area contributed by atoms with Gasteiger partial charge < -0.3 is 0 Å². The summed E-state index contributed by atoms with van der Waals surface area (Å²) in [5.74, 6) is 0. The Morgan fingerprint density at radius 1 is 1.00 bits per heavy atom. The van der Waals surface area contributed by atoms with Gasteiger partial charge in [-0.3, -0.25) is 0 Å². The van der Waals surface area contributed by atoms with E-state index in [4.69, 9.17) is 0 Å². The largest absolute Gasteiger partial charge is 0.203 e. The molecule has 1 aromatic heterocycles. The third-order valence-corrected chi connectivity index (χ3v) is 3.16. The summed E-state index contributed by atoms with van der Waals surface area (Å²) in [4.78, 5) is 0. The maximum absolute atomic E-state index is 2.37. The molecule has 0 bridgehead atoms. The summed E-state index contributed by atoms with van der Waals surface area (Å²) in [5, 5.41) is 0. The van der Waals surface area contributed by atoms with E-state index in [9.17, 15) is 0 Å². The van der Waals surface area contributed by atoms with Crippen LogP contribution in [0.3, 0.4) is 0 Å². The standard InChI is InChI=1S/C15H26N/c1-4-5-6-7-8-9-11-16-12-10-14(2)13-15(16)3/h10,12-13H,4-9,11H2,1-3H3/q+1. The van der Waals surface area contributed by atoms with Crippen LogP contribution in [0, 0.1) is 13.8 Å². The summed E-state index contributed by atoms with van der Waals surface area (Å²) in [6.07, 6.45) is 10.5. The van der Waals surface area contributed by atoms with Crippen molar-refractivity contribution in [3.8, 4) is 0 Å². The Morgan fingerprint density at radius 2 is 1.69 bits per heavy atom. The van der Waals surface area contributed by atoms with Crippen LogP contribution in [0.1, 0.15) is 56.7 Å². The number of nitrogens with zero attached hydrogens (tertiary/aromatic N) is 1. The predicted octanol–water partition coefficient (Wildman–Crippen LogP) is 3.95. The normalized spacial score (nSPS) is 10.7. The SMILES string of the molecule is CCCCCCCC[n+]1ccc(C)cc1C. The molecule has 0 atom stereocenters. The lowest BCUT2D eigenvalue weighted by atomic mass is 10.1. The summed E-state index contributed by atoms with van der Waals surface area (Å²) < 4.78 is 2.37. The van der Waals surface area contributed by atoms with E-state index in [1.54, 1.807) is 0 Å². The van der Waals surface area contributed by atoms with Crippen molar-refractivity contribution in [1.82, 2.24) is 0 Å². The number of pyridine rings is 1. The number of aryl methyl sites for hydroxylation is 3. The van der Waals surface area contributed by atoms with Crippen LogP contribution < -0.4 is 4.57 Å². The Kier molecular flexibility index (Phi) is 6.14. The third kappa shape index (κ3) is 4.78. The molecular weight excluding hydrogens is 194 g/mol. The lowest BCUT2D eigenvalue weighted by Crippen LogP contribution is -2.36. The molecule has 1 heterocycles.